The van der Waals surface area contributed by atoms with E-state index in [9.17, 15) is 14.7 Å². The number of aryl methyl sites for hydroxylation is 2. The minimum atomic E-state index is -1.06. The topological polar surface area (TPSA) is 77.8 Å². The Morgan fingerprint density at radius 2 is 1.95 bits per heavy atom. The zero-order valence-corrected chi connectivity index (χ0v) is 12.5. The van der Waals surface area contributed by atoms with Gasteiger partial charge in [-0.05, 0) is 54.2 Å². The second-order valence-corrected chi connectivity index (χ2v) is 5.69. The molecule has 1 amide bonds. The molecule has 1 aliphatic rings. The molecule has 0 atom stereocenters. The van der Waals surface area contributed by atoms with Gasteiger partial charge >= 0.3 is 5.97 Å². The van der Waals surface area contributed by atoms with Crippen molar-refractivity contribution in [2.24, 2.45) is 0 Å². The number of carbonyl (C=O) groups is 2. The van der Waals surface area contributed by atoms with E-state index in [1.807, 2.05) is 0 Å². The number of carbonyl (C=O) groups excluding carboxylic acids is 1. The Morgan fingerprint density at radius 3 is 2.52 bits per heavy atom. The molecule has 0 unspecified atom stereocenters. The summed E-state index contributed by atoms with van der Waals surface area (Å²) < 4.78 is 0. The molecule has 0 spiro atoms. The number of hydrogen-bond acceptors (Lipinski definition) is 4. The molecule has 0 saturated carbocycles. The monoisotopic (exact) mass is 305 g/mol. The molecule has 0 saturated heterocycles. The summed E-state index contributed by atoms with van der Waals surface area (Å²) in [7, 11) is 0. The standard InChI is InChI=1S/C15H15NO4S/c1-9-5-11(6-10(2)14(9)19)7-12-15(20)16(3-4-21-12)8-13(17)18/h3-7,19H,8H2,1-2H3,(H,17,18). The molecular weight excluding hydrogens is 290 g/mol. The van der Waals surface area contributed by atoms with Crippen LogP contribution in [0.15, 0.2) is 28.6 Å². The average molecular weight is 305 g/mol. The maximum Gasteiger partial charge on any atom is 0.323 e. The molecule has 110 valence electrons. The first-order valence-corrected chi connectivity index (χ1v) is 7.14. The highest BCUT2D eigenvalue weighted by atomic mass is 32.2. The van der Waals surface area contributed by atoms with Crippen molar-refractivity contribution in [3.63, 3.8) is 0 Å². The lowest BCUT2D eigenvalue weighted by Gasteiger charge is -2.20. The van der Waals surface area contributed by atoms with E-state index in [-0.39, 0.29) is 18.2 Å². The largest absolute Gasteiger partial charge is 0.507 e. The predicted octanol–water partition coefficient (Wildman–Crippen LogP) is 2.48. The predicted molar refractivity (Wildman–Crippen MR) is 81.6 cm³/mol. The lowest BCUT2D eigenvalue weighted by molar-refractivity contribution is -0.141. The number of carboxylic acid groups (broad SMARTS) is 1. The van der Waals surface area contributed by atoms with Crippen molar-refractivity contribution < 1.29 is 19.8 Å². The number of hydrogen-bond donors (Lipinski definition) is 2. The number of phenolic OH excluding ortho intramolecular Hbond substituents is 1. The van der Waals surface area contributed by atoms with E-state index in [1.165, 1.54) is 18.0 Å². The number of rotatable bonds is 3. The highest BCUT2D eigenvalue weighted by molar-refractivity contribution is 8.06. The second-order valence-electron chi connectivity index (χ2n) is 4.74. The summed E-state index contributed by atoms with van der Waals surface area (Å²) in [6, 6.07) is 3.56. The van der Waals surface area contributed by atoms with Gasteiger partial charge in [-0.25, -0.2) is 0 Å². The molecule has 1 heterocycles. The Hall–Kier alpha value is -2.21. The maximum absolute atomic E-state index is 12.2. The Balaban J connectivity index is 2.31. The van der Waals surface area contributed by atoms with Crippen LogP contribution in [0.3, 0.4) is 0 Å². The second kappa shape index (κ2) is 6.05. The van der Waals surface area contributed by atoms with Crippen molar-refractivity contribution in [1.29, 1.82) is 0 Å². The van der Waals surface area contributed by atoms with Gasteiger partial charge in [-0.3, -0.25) is 9.59 Å². The Bertz CT molecular complexity index is 641. The van der Waals surface area contributed by atoms with E-state index in [0.29, 0.717) is 4.91 Å². The molecule has 1 aromatic rings. The number of aromatic hydroxyl groups is 1. The summed E-state index contributed by atoms with van der Waals surface area (Å²) >= 11 is 1.25. The zero-order chi connectivity index (χ0) is 15.6. The average Bonchev–Trinajstić information content (AvgIpc) is 2.40. The fraction of sp³-hybridized carbons (Fsp3) is 0.200. The smallest absolute Gasteiger partial charge is 0.323 e. The van der Waals surface area contributed by atoms with Crippen LogP contribution in [0, 0.1) is 13.8 Å². The highest BCUT2D eigenvalue weighted by Crippen LogP contribution is 2.29. The van der Waals surface area contributed by atoms with Crippen molar-refractivity contribution in [1.82, 2.24) is 4.90 Å². The third-order valence-corrected chi connectivity index (χ3v) is 3.83. The number of nitrogens with zero attached hydrogens (tertiary/aromatic N) is 1. The van der Waals surface area contributed by atoms with Crippen LogP contribution in [0.4, 0.5) is 0 Å². The third-order valence-electron chi connectivity index (χ3n) is 3.02. The van der Waals surface area contributed by atoms with Crippen molar-refractivity contribution in [3.8, 4) is 5.75 Å². The van der Waals surface area contributed by atoms with Gasteiger partial charge in [-0.15, -0.1) is 0 Å². The van der Waals surface area contributed by atoms with Crippen LogP contribution in [-0.2, 0) is 9.59 Å². The number of amides is 1. The molecule has 2 rings (SSSR count). The van der Waals surface area contributed by atoms with E-state index in [2.05, 4.69) is 0 Å². The van der Waals surface area contributed by atoms with Gasteiger partial charge < -0.3 is 15.1 Å². The van der Waals surface area contributed by atoms with Gasteiger partial charge in [-0.1, -0.05) is 11.8 Å². The highest BCUT2D eigenvalue weighted by Gasteiger charge is 2.22. The molecule has 5 nitrogen and oxygen atoms in total. The minimum Gasteiger partial charge on any atom is -0.507 e. The quantitative estimate of drug-likeness (QED) is 0.839. The van der Waals surface area contributed by atoms with Crippen LogP contribution in [0.5, 0.6) is 5.75 Å². The van der Waals surface area contributed by atoms with Crippen molar-refractivity contribution in [2.45, 2.75) is 13.8 Å². The van der Waals surface area contributed by atoms with Gasteiger partial charge in [-0.2, -0.15) is 0 Å². The molecule has 0 fully saturated rings. The van der Waals surface area contributed by atoms with Gasteiger partial charge in [0.2, 0.25) is 0 Å². The Labute approximate surface area is 126 Å². The lowest BCUT2D eigenvalue weighted by Crippen LogP contribution is -2.32. The Morgan fingerprint density at radius 1 is 1.33 bits per heavy atom. The van der Waals surface area contributed by atoms with Gasteiger partial charge in [0.15, 0.2) is 0 Å². The summed E-state index contributed by atoms with van der Waals surface area (Å²) in [5, 5.41) is 20.2. The maximum atomic E-state index is 12.2. The molecule has 1 aromatic carbocycles. The molecule has 1 aliphatic heterocycles. The zero-order valence-electron chi connectivity index (χ0n) is 11.7. The number of carboxylic acids is 1. The van der Waals surface area contributed by atoms with Crippen LogP contribution in [-0.4, -0.2) is 33.5 Å². The van der Waals surface area contributed by atoms with E-state index in [4.69, 9.17) is 5.11 Å². The molecular formula is C15H15NO4S. The van der Waals surface area contributed by atoms with Gasteiger partial charge in [0, 0.05) is 6.20 Å². The summed E-state index contributed by atoms with van der Waals surface area (Å²) in [5.41, 5.74) is 2.25. The van der Waals surface area contributed by atoms with Crippen LogP contribution in [0.2, 0.25) is 0 Å². The minimum absolute atomic E-state index is 0.243. The van der Waals surface area contributed by atoms with Gasteiger partial charge in [0.05, 0.1) is 4.91 Å². The summed E-state index contributed by atoms with van der Waals surface area (Å²) in [5.74, 6) is -1.16. The van der Waals surface area contributed by atoms with E-state index < -0.39 is 5.97 Å². The fourth-order valence-corrected chi connectivity index (χ4v) is 2.80. The molecule has 2 N–H and O–H groups in total. The molecule has 0 bridgehead atoms. The van der Waals surface area contributed by atoms with Crippen LogP contribution >= 0.6 is 11.8 Å². The van der Waals surface area contributed by atoms with Gasteiger partial charge in [0.25, 0.3) is 5.91 Å². The van der Waals surface area contributed by atoms with Crippen molar-refractivity contribution in [2.75, 3.05) is 6.54 Å². The molecule has 0 radical (unpaired) electrons. The van der Waals surface area contributed by atoms with Gasteiger partial charge in [0.1, 0.15) is 12.3 Å². The third kappa shape index (κ3) is 3.46. The number of phenols is 1. The molecule has 0 aromatic heterocycles. The number of aliphatic carboxylic acids is 1. The fourth-order valence-electron chi connectivity index (χ4n) is 2.03. The first kappa shape index (κ1) is 15.2. The lowest BCUT2D eigenvalue weighted by atomic mass is 10.1. The SMILES string of the molecule is Cc1cc(C=C2SC=CN(CC(=O)O)C2=O)cc(C)c1O. The van der Waals surface area contributed by atoms with E-state index in [0.717, 1.165) is 21.6 Å². The van der Waals surface area contributed by atoms with E-state index in [1.54, 1.807) is 37.5 Å². The number of thioether (sulfide) groups is 1. The van der Waals surface area contributed by atoms with Crippen molar-refractivity contribution >= 4 is 29.7 Å². The summed E-state index contributed by atoms with van der Waals surface area (Å²) in [6.07, 6.45) is 3.16. The van der Waals surface area contributed by atoms with Crippen LogP contribution in [0.1, 0.15) is 16.7 Å². The summed E-state index contributed by atoms with van der Waals surface area (Å²) in [6.45, 7) is 3.22. The van der Waals surface area contributed by atoms with E-state index >= 15 is 0 Å². The molecule has 0 aliphatic carbocycles. The summed E-state index contributed by atoms with van der Waals surface area (Å²) in [4.78, 5) is 24.5. The van der Waals surface area contributed by atoms with Crippen molar-refractivity contribution in [3.05, 3.63) is 45.3 Å². The van der Waals surface area contributed by atoms with Crippen LogP contribution in [0.25, 0.3) is 6.08 Å². The number of benzene rings is 1. The first-order valence-electron chi connectivity index (χ1n) is 6.26. The molecule has 21 heavy (non-hydrogen) atoms. The van der Waals surface area contributed by atoms with Crippen LogP contribution < -0.4 is 0 Å². The first-order chi connectivity index (χ1) is 9.88. The Kier molecular flexibility index (Phi) is 4.37. The normalized spacial score (nSPS) is 16.6. The molecule has 6 heteroatoms.